The number of hydrogen-bond donors (Lipinski definition) is 21. The number of carboxylic acid groups (broad SMARTS) is 1. The normalized spacial score (nSPS) is 15.1. The maximum Gasteiger partial charge on any atom is 0.305 e. The number of carbonyl (C=O) groups is 17. The van der Waals surface area contributed by atoms with Crippen LogP contribution in [0.15, 0.2) is 91.1 Å². The molecule has 642 valence electrons. The summed E-state index contributed by atoms with van der Waals surface area (Å²) in [5, 5.41) is 54.1. The van der Waals surface area contributed by atoms with Gasteiger partial charge in [0.2, 0.25) is 94.5 Å². The van der Waals surface area contributed by atoms with Crippen LogP contribution in [0.5, 0.6) is 0 Å². The molecule has 4 rings (SSSR count). The van der Waals surface area contributed by atoms with E-state index in [4.69, 9.17) is 28.7 Å². The van der Waals surface area contributed by atoms with Crippen LogP contribution in [0.3, 0.4) is 0 Å². The van der Waals surface area contributed by atoms with E-state index in [1.807, 2.05) is 0 Å². The van der Waals surface area contributed by atoms with Gasteiger partial charge in [-0.2, -0.15) is 11.8 Å². The number of aliphatic hydroxyl groups excluding tert-OH is 1. The molecule has 0 unspecified atom stereocenters. The lowest BCUT2D eigenvalue weighted by atomic mass is 9.96. The molecule has 38 nitrogen and oxygen atoms in total. The van der Waals surface area contributed by atoms with Gasteiger partial charge in [-0.05, 0) is 105 Å². The third kappa shape index (κ3) is 33.6. The van der Waals surface area contributed by atoms with E-state index in [0.29, 0.717) is 34.0 Å². The van der Waals surface area contributed by atoms with Crippen molar-refractivity contribution in [3.8, 4) is 0 Å². The fraction of sp³-hybridized carbons (Fsp3) is 0.526. The molecular formula is C78H115N19O19S. The second-order valence-electron chi connectivity index (χ2n) is 29.4. The predicted octanol–water partition coefficient (Wildman–Crippen LogP) is -3.80. The van der Waals surface area contributed by atoms with Crippen molar-refractivity contribution in [2.45, 2.75) is 217 Å². The predicted molar refractivity (Wildman–Crippen MR) is 433 cm³/mol. The Labute approximate surface area is 682 Å². The molecule has 0 aliphatic heterocycles. The molecule has 4 aromatic rings. The number of primary amides is 3. The van der Waals surface area contributed by atoms with E-state index in [-0.39, 0.29) is 69.6 Å². The standard InChI is InChI=1S/C78H115N19O19S/c1-10-42(6)64(77(115)95-54(33-46-23-15-12-16-24-46)72(110)92-56(35-59(80)99)67(105)85-39-61(82)101)96-69(107)51(28-30-117-9)88-73(111)55(34-47-38-84-49-26-18-17-25-48(47)49)91-68(106)50(27-19-20-29-79)87-71(109)53(32-45-21-13-11-14-22-45)90-70(108)52(31-40(2)3)94-78(116)65(44(8)98)97-75(113)57(36-60(81)100)93-74(112)58(37-62(102)103)89-66(104)43(7)86-76(114)63(83)41(4)5/h11-18,21-26,38,40-44,50-58,63-65,84,98H,10,19-20,27-37,39,79,83H2,1-9H3,(H2,80,99)(H2,81,100)(H2,82,101)(H,85,105)(H,86,114)(H,87,109)(H,88,111)(H,89,104)(H,90,108)(H,91,106)(H,92,110)(H,93,112)(H,94,116)(H,95,115)(H,96,107)(H,97,113)(H,102,103)/t42-,43-,44+,50-,51-,52-,53-,54-,55-,56-,57-,58-,63-,64-,65-/m0/s1. The summed E-state index contributed by atoms with van der Waals surface area (Å²) in [5.41, 5.74) is 30.2. The summed E-state index contributed by atoms with van der Waals surface area (Å²) in [6.45, 7) is 11.9. The molecular weight excluding hydrogens is 1540 g/mol. The molecule has 117 heavy (non-hydrogen) atoms. The van der Waals surface area contributed by atoms with Crippen molar-refractivity contribution in [2.75, 3.05) is 25.1 Å². The first-order chi connectivity index (χ1) is 55.3. The second-order valence-corrected chi connectivity index (χ2v) is 30.4. The number of unbranched alkanes of at least 4 members (excludes halogenated alkanes) is 1. The molecule has 0 fully saturated rings. The summed E-state index contributed by atoms with van der Waals surface area (Å²) in [6, 6.07) is 3.58. The molecule has 16 amide bonds. The average Bonchev–Trinajstić information content (AvgIpc) is 1.73. The number of para-hydroxylation sites is 1. The van der Waals surface area contributed by atoms with Gasteiger partial charge in [0, 0.05) is 36.4 Å². The lowest BCUT2D eigenvalue weighted by Crippen LogP contribution is -2.62. The Morgan fingerprint density at radius 2 is 0.863 bits per heavy atom. The SMILES string of the molecule is CC[C@H](C)[C@H](NC(=O)[C@H](CCSC)NC(=O)[C@H](Cc1c[nH]c2ccccc12)NC(=O)[C@H](CCCCN)NC(=O)[C@H](Cc1ccccc1)NC(=O)[C@H](CC(C)C)NC(=O)[C@@H](NC(=O)[C@H](CC(N)=O)NC(=O)[C@H](CC(=O)O)NC(=O)[C@H](C)NC(=O)[C@@H](N)C(C)C)[C@@H](C)O)C(=O)N[C@@H](Cc1ccccc1)C(=O)N[C@@H](CC(N)=O)C(=O)NCC(N)=O. The molecule has 0 aliphatic rings. The molecule has 0 saturated carbocycles. The van der Waals surface area contributed by atoms with E-state index < -0.39 is 223 Å². The number of aliphatic hydroxyl groups is 1. The number of carboxylic acids is 1. The minimum atomic E-state index is -1.99. The summed E-state index contributed by atoms with van der Waals surface area (Å²) >= 11 is 1.33. The van der Waals surface area contributed by atoms with E-state index in [1.165, 1.54) is 18.7 Å². The van der Waals surface area contributed by atoms with Gasteiger partial charge in [-0.3, -0.25) is 81.5 Å². The zero-order chi connectivity index (χ0) is 87.3. The fourth-order valence-electron chi connectivity index (χ4n) is 12.1. The van der Waals surface area contributed by atoms with Crippen molar-refractivity contribution < 1.29 is 91.7 Å². The Bertz CT molecular complexity index is 4080. The highest BCUT2D eigenvalue weighted by Gasteiger charge is 2.40. The summed E-state index contributed by atoms with van der Waals surface area (Å²) in [7, 11) is 0. The Hall–Kier alpha value is -11.6. The highest BCUT2D eigenvalue weighted by molar-refractivity contribution is 7.98. The van der Waals surface area contributed by atoms with Crippen LogP contribution in [0.2, 0.25) is 0 Å². The van der Waals surface area contributed by atoms with Gasteiger partial charge in [0.1, 0.15) is 72.5 Å². The molecule has 39 heteroatoms. The maximum atomic E-state index is 15.2. The van der Waals surface area contributed by atoms with Gasteiger partial charge < -0.3 is 113 Å². The van der Waals surface area contributed by atoms with E-state index in [2.05, 4.69) is 74.1 Å². The Morgan fingerprint density at radius 3 is 1.36 bits per heavy atom. The first-order valence-electron chi connectivity index (χ1n) is 38.5. The van der Waals surface area contributed by atoms with Crippen molar-refractivity contribution in [3.63, 3.8) is 0 Å². The van der Waals surface area contributed by atoms with Gasteiger partial charge in [-0.1, -0.05) is 127 Å². The molecule has 0 saturated heterocycles. The van der Waals surface area contributed by atoms with Crippen LogP contribution in [-0.4, -0.2) is 225 Å². The van der Waals surface area contributed by atoms with E-state index >= 15 is 14.4 Å². The molecule has 0 radical (unpaired) electrons. The molecule has 3 aromatic carbocycles. The average molecular weight is 1650 g/mol. The fourth-order valence-corrected chi connectivity index (χ4v) is 12.5. The summed E-state index contributed by atoms with van der Waals surface area (Å²) < 4.78 is 0. The van der Waals surface area contributed by atoms with Crippen LogP contribution >= 0.6 is 11.8 Å². The zero-order valence-corrected chi connectivity index (χ0v) is 68.0. The van der Waals surface area contributed by atoms with Crippen LogP contribution in [0.4, 0.5) is 0 Å². The highest BCUT2D eigenvalue weighted by atomic mass is 32.2. The first kappa shape index (κ1) is 97.8. The number of aromatic amines is 1. The van der Waals surface area contributed by atoms with Crippen LogP contribution in [-0.2, 0) is 101 Å². The van der Waals surface area contributed by atoms with Crippen molar-refractivity contribution in [1.82, 2.24) is 74.1 Å². The lowest BCUT2D eigenvalue weighted by Gasteiger charge is -2.30. The number of fused-ring (bicyclic) bond motifs is 1. The number of carbonyl (C=O) groups excluding carboxylic acids is 16. The van der Waals surface area contributed by atoms with E-state index in [1.54, 1.807) is 139 Å². The Morgan fingerprint density at radius 1 is 0.444 bits per heavy atom. The monoisotopic (exact) mass is 1650 g/mol. The van der Waals surface area contributed by atoms with E-state index in [0.717, 1.165) is 6.92 Å². The number of thioether (sulfide) groups is 1. The van der Waals surface area contributed by atoms with E-state index in [9.17, 15) is 77.3 Å². The van der Waals surface area contributed by atoms with Gasteiger partial charge in [0.25, 0.3) is 0 Å². The third-order valence-corrected chi connectivity index (χ3v) is 19.5. The van der Waals surface area contributed by atoms with Gasteiger partial charge in [0.05, 0.1) is 38.0 Å². The van der Waals surface area contributed by atoms with Gasteiger partial charge in [0.15, 0.2) is 0 Å². The lowest BCUT2D eigenvalue weighted by molar-refractivity contribution is -0.142. The van der Waals surface area contributed by atoms with Crippen LogP contribution < -0.4 is 97.8 Å². The highest BCUT2D eigenvalue weighted by Crippen LogP contribution is 2.21. The molecule has 15 atom stereocenters. The summed E-state index contributed by atoms with van der Waals surface area (Å²) in [5.74, 6) is -18.8. The van der Waals surface area contributed by atoms with Crippen LogP contribution in [0.1, 0.15) is 130 Å². The number of amides is 16. The van der Waals surface area contributed by atoms with Crippen molar-refractivity contribution >= 4 is 123 Å². The second kappa shape index (κ2) is 49.4. The molecule has 0 bridgehead atoms. The van der Waals surface area contributed by atoms with Crippen LogP contribution in [0, 0.1) is 17.8 Å². The number of benzene rings is 3. The largest absolute Gasteiger partial charge is 0.481 e. The van der Waals surface area contributed by atoms with Crippen molar-refractivity contribution in [2.24, 2.45) is 46.4 Å². The number of rotatable bonds is 52. The number of nitrogens with two attached hydrogens (primary N) is 5. The molecule has 0 spiro atoms. The van der Waals surface area contributed by atoms with Crippen molar-refractivity contribution in [3.05, 3.63) is 108 Å². The molecule has 26 N–H and O–H groups in total. The van der Waals surface area contributed by atoms with Gasteiger partial charge in [-0.15, -0.1) is 0 Å². The smallest absolute Gasteiger partial charge is 0.305 e. The quantitative estimate of drug-likeness (QED) is 0.0189. The first-order valence-corrected chi connectivity index (χ1v) is 39.9. The van der Waals surface area contributed by atoms with Gasteiger partial charge in [-0.25, -0.2) is 0 Å². The maximum absolute atomic E-state index is 15.2. The van der Waals surface area contributed by atoms with Crippen LogP contribution in [0.25, 0.3) is 10.9 Å². The zero-order valence-electron chi connectivity index (χ0n) is 67.2. The Balaban J connectivity index is 1.69. The molecule has 0 aliphatic carbocycles. The minimum Gasteiger partial charge on any atom is -0.481 e. The molecule has 1 heterocycles. The number of hydrogen-bond acceptors (Lipinski definition) is 21. The minimum absolute atomic E-state index is 0.0321. The topological polar surface area (TPSA) is 633 Å². The molecule has 1 aromatic heterocycles. The number of aliphatic carboxylic acids is 1. The number of aromatic nitrogens is 1. The van der Waals surface area contributed by atoms with Gasteiger partial charge >= 0.3 is 5.97 Å². The summed E-state index contributed by atoms with van der Waals surface area (Å²) in [4.78, 5) is 237. The van der Waals surface area contributed by atoms with Crippen molar-refractivity contribution in [1.29, 1.82) is 0 Å². The Kier molecular flexibility index (Phi) is 41.3. The summed E-state index contributed by atoms with van der Waals surface area (Å²) in [6.07, 6.45) is -1.19. The third-order valence-electron chi connectivity index (χ3n) is 18.9. The number of H-pyrrole nitrogens is 1. The number of nitrogens with one attached hydrogen (secondary N) is 14.